The van der Waals surface area contributed by atoms with E-state index in [-0.39, 0.29) is 5.70 Å². The Kier molecular flexibility index (Phi) is 4.96. The van der Waals surface area contributed by atoms with E-state index in [0.717, 1.165) is 5.56 Å². The highest BCUT2D eigenvalue weighted by Crippen LogP contribution is 2.12. The molecule has 2 N–H and O–H groups in total. The highest BCUT2D eigenvalue weighted by molar-refractivity contribution is 6.30. The lowest BCUT2D eigenvalue weighted by Gasteiger charge is -2.06. The van der Waals surface area contributed by atoms with Gasteiger partial charge in [0.1, 0.15) is 5.70 Å². The zero-order valence-electron chi connectivity index (χ0n) is 11.8. The molecule has 0 radical (unpaired) electrons. The van der Waals surface area contributed by atoms with Crippen LogP contribution >= 0.6 is 11.6 Å². The first kappa shape index (κ1) is 15.8. The van der Waals surface area contributed by atoms with E-state index in [1.807, 2.05) is 6.92 Å². The molecule has 22 heavy (non-hydrogen) atoms. The maximum atomic E-state index is 12.1. The lowest BCUT2D eigenvalue weighted by molar-refractivity contribution is -0.132. The Hall–Kier alpha value is -2.59. The van der Waals surface area contributed by atoms with E-state index in [1.165, 1.54) is 6.08 Å². The molecule has 0 saturated carbocycles. The summed E-state index contributed by atoms with van der Waals surface area (Å²) in [6.07, 6.45) is 1.38. The summed E-state index contributed by atoms with van der Waals surface area (Å²) in [7, 11) is 0. The Morgan fingerprint density at radius 1 is 1.05 bits per heavy atom. The molecule has 1 amide bonds. The van der Waals surface area contributed by atoms with Crippen LogP contribution in [-0.2, 0) is 4.79 Å². The molecule has 0 bridgehead atoms. The van der Waals surface area contributed by atoms with Crippen molar-refractivity contribution in [2.75, 3.05) is 0 Å². The van der Waals surface area contributed by atoms with Crippen molar-refractivity contribution in [2.24, 2.45) is 0 Å². The number of hydrogen-bond acceptors (Lipinski definition) is 2. The third-order valence-corrected chi connectivity index (χ3v) is 3.23. The molecule has 0 aliphatic heterocycles. The van der Waals surface area contributed by atoms with Gasteiger partial charge in [-0.05, 0) is 42.8 Å². The molecule has 0 atom stereocenters. The number of nitrogens with one attached hydrogen (secondary N) is 1. The maximum Gasteiger partial charge on any atom is 0.352 e. The van der Waals surface area contributed by atoms with Crippen LogP contribution in [0.1, 0.15) is 21.5 Å². The Bertz CT molecular complexity index is 719. The average Bonchev–Trinajstić information content (AvgIpc) is 2.49. The molecule has 2 rings (SSSR count). The Morgan fingerprint density at radius 2 is 1.64 bits per heavy atom. The monoisotopic (exact) mass is 315 g/mol. The van der Waals surface area contributed by atoms with Crippen molar-refractivity contribution in [2.45, 2.75) is 6.92 Å². The molecule has 2 aromatic carbocycles. The largest absolute Gasteiger partial charge is 0.477 e. The first-order valence-corrected chi connectivity index (χ1v) is 6.92. The fourth-order valence-electron chi connectivity index (χ4n) is 1.78. The van der Waals surface area contributed by atoms with Gasteiger partial charge in [0.2, 0.25) is 0 Å². The standard InChI is InChI=1S/C17H14ClNO3/c1-11-2-6-13(7-3-11)16(20)19-15(17(21)22)10-12-4-8-14(18)9-5-12/h2-10H,1H3,(H,19,20)(H,21,22). The van der Waals surface area contributed by atoms with Crippen molar-refractivity contribution in [3.8, 4) is 0 Å². The van der Waals surface area contributed by atoms with Crippen molar-refractivity contribution in [1.29, 1.82) is 0 Å². The van der Waals surface area contributed by atoms with Gasteiger partial charge in [-0.3, -0.25) is 4.79 Å². The molecule has 0 fully saturated rings. The predicted molar refractivity (Wildman–Crippen MR) is 85.7 cm³/mol. The summed E-state index contributed by atoms with van der Waals surface area (Å²) in [5.41, 5.74) is 1.85. The second kappa shape index (κ2) is 6.91. The summed E-state index contributed by atoms with van der Waals surface area (Å²) >= 11 is 5.78. The van der Waals surface area contributed by atoms with Gasteiger partial charge in [0.15, 0.2) is 0 Å². The minimum atomic E-state index is -1.21. The van der Waals surface area contributed by atoms with Gasteiger partial charge >= 0.3 is 5.97 Å². The fraction of sp³-hybridized carbons (Fsp3) is 0.0588. The van der Waals surface area contributed by atoms with Gasteiger partial charge in [0.05, 0.1) is 0 Å². The number of amides is 1. The summed E-state index contributed by atoms with van der Waals surface area (Å²) in [5, 5.41) is 12.2. The van der Waals surface area contributed by atoms with Crippen molar-refractivity contribution >= 4 is 29.6 Å². The van der Waals surface area contributed by atoms with Crippen LogP contribution in [0.15, 0.2) is 54.2 Å². The summed E-state index contributed by atoms with van der Waals surface area (Å²) in [4.78, 5) is 23.4. The van der Waals surface area contributed by atoms with Crippen LogP contribution in [-0.4, -0.2) is 17.0 Å². The molecular weight excluding hydrogens is 302 g/mol. The maximum absolute atomic E-state index is 12.1. The van der Waals surface area contributed by atoms with Crippen LogP contribution in [0.25, 0.3) is 6.08 Å². The minimum Gasteiger partial charge on any atom is -0.477 e. The van der Waals surface area contributed by atoms with E-state index in [0.29, 0.717) is 16.1 Å². The first-order valence-electron chi connectivity index (χ1n) is 6.54. The number of carboxylic acid groups (broad SMARTS) is 1. The summed E-state index contributed by atoms with van der Waals surface area (Å²) in [6, 6.07) is 13.5. The van der Waals surface area contributed by atoms with Gasteiger partial charge in [0, 0.05) is 10.6 Å². The van der Waals surface area contributed by atoms with Crippen molar-refractivity contribution in [3.05, 3.63) is 75.9 Å². The van der Waals surface area contributed by atoms with Crippen molar-refractivity contribution in [3.63, 3.8) is 0 Å². The summed E-state index contributed by atoms with van der Waals surface area (Å²) in [6.45, 7) is 1.91. The smallest absolute Gasteiger partial charge is 0.352 e. The molecule has 0 spiro atoms. The van der Waals surface area contributed by atoms with E-state index in [9.17, 15) is 14.7 Å². The van der Waals surface area contributed by atoms with E-state index in [1.54, 1.807) is 48.5 Å². The van der Waals surface area contributed by atoms with Gasteiger partial charge in [0.25, 0.3) is 5.91 Å². The predicted octanol–water partition coefficient (Wildman–Crippen LogP) is 3.50. The minimum absolute atomic E-state index is 0.201. The van der Waals surface area contributed by atoms with Gasteiger partial charge in [-0.25, -0.2) is 4.79 Å². The molecule has 0 aliphatic carbocycles. The van der Waals surface area contributed by atoms with Crippen molar-refractivity contribution < 1.29 is 14.7 Å². The molecule has 0 saturated heterocycles. The van der Waals surface area contributed by atoms with Gasteiger partial charge < -0.3 is 10.4 Å². The van der Waals surface area contributed by atoms with E-state index in [2.05, 4.69) is 5.32 Å². The van der Waals surface area contributed by atoms with Crippen LogP contribution in [0.2, 0.25) is 5.02 Å². The highest BCUT2D eigenvalue weighted by atomic mass is 35.5. The fourth-order valence-corrected chi connectivity index (χ4v) is 1.90. The van der Waals surface area contributed by atoms with Crippen LogP contribution in [0.4, 0.5) is 0 Å². The lowest BCUT2D eigenvalue weighted by Crippen LogP contribution is -2.27. The number of carbonyl (C=O) groups excluding carboxylic acids is 1. The highest BCUT2D eigenvalue weighted by Gasteiger charge is 2.13. The molecule has 0 aromatic heterocycles. The Balaban J connectivity index is 2.21. The Morgan fingerprint density at radius 3 is 2.18 bits per heavy atom. The molecular formula is C17H14ClNO3. The number of halogens is 1. The van der Waals surface area contributed by atoms with Crippen LogP contribution in [0, 0.1) is 6.92 Å². The SMILES string of the molecule is Cc1ccc(C(=O)NC(=Cc2ccc(Cl)cc2)C(=O)O)cc1. The second-order valence-electron chi connectivity index (χ2n) is 4.73. The molecule has 0 unspecified atom stereocenters. The number of carbonyl (C=O) groups is 2. The van der Waals surface area contributed by atoms with E-state index >= 15 is 0 Å². The normalized spacial score (nSPS) is 11.1. The number of aryl methyl sites for hydroxylation is 1. The zero-order valence-corrected chi connectivity index (χ0v) is 12.6. The summed E-state index contributed by atoms with van der Waals surface area (Å²) < 4.78 is 0. The number of benzene rings is 2. The third-order valence-electron chi connectivity index (χ3n) is 2.97. The second-order valence-corrected chi connectivity index (χ2v) is 5.17. The molecule has 112 valence electrons. The molecule has 4 nitrogen and oxygen atoms in total. The summed E-state index contributed by atoms with van der Waals surface area (Å²) in [5.74, 6) is -1.68. The van der Waals surface area contributed by atoms with E-state index < -0.39 is 11.9 Å². The van der Waals surface area contributed by atoms with Crippen molar-refractivity contribution in [1.82, 2.24) is 5.32 Å². The van der Waals surface area contributed by atoms with Gasteiger partial charge in [-0.15, -0.1) is 0 Å². The zero-order chi connectivity index (χ0) is 16.1. The van der Waals surface area contributed by atoms with Crippen LogP contribution in [0.5, 0.6) is 0 Å². The number of rotatable bonds is 4. The molecule has 5 heteroatoms. The van der Waals surface area contributed by atoms with E-state index in [4.69, 9.17) is 11.6 Å². The van der Waals surface area contributed by atoms with Gasteiger partial charge in [-0.2, -0.15) is 0 Å². The van der Waals surface area contributed by atoms with Crippen LogP contribution < -0.4 is 5.32 Å². The number of hydrogen-bond donors (Lipinski definition) is 2. The molecule has 0 aliphatic rings. The quantitative estimate of drug-likeness (QED) is 0.849. The third kappa shape index (κ3) is 4.20. The van der Waals surface area contributed by atoms with Gasteiger partial charge in [-0.1, -0.05) is 41.4 Å². The molecule has 2 aromatic rings. The molecule has 0 heterocycles. The number of carboxylic acids is 1. The Labute approximate surface area is 133 Å². The average molecular weight is 316 g/mol. The number of aliphatic carboxylic acids is 1. The topological polar surface area (TPSA) is 66.4 Å². The first-order chi connectivity index (χ1) is 10.5. The lowest BCUT2D eigenvalue weighted by atomic mass is 10.1. The van der Waals surface area contributed by atoms with Crippen LogP contribution in [0.3, 0.4) is 0 Å².